The minimum Gasteiger partial charge on any atom is -0.451 e. The normalized spacial score (nSPS) is 21.3. The molecule has 0 spiro atoms. The number of rotatable bonds is 3. The number of nitrogens with one attached hydrogen (secondary N) is 1. The molecule has 0 bridgehead atoms. The van der Waals surface area contributed by atoms with Crippen LogP contribution in [-0.4, -0.2) is 35.3 Å². The van der Waals surface area contributed by atoms with Crippen molar-refractivity contribution in [3.63, 3.8) is 0 Å². The highest BCUT2D eigenvalue weighted by atomic mass is 16.3. The SMILES string of the molecule is O=C(NC1CC1)[C@H]1CCCN1C(=O)c1cc2ccccc2o1. The number of hydrogen-bond donors (Lipinski definition) is 1. The summed E-state index contributed by atoms with van der Waals surface area (Å²) in [5.74, 6) is 0.0985. The Morgan fingerprint density at radius 2 is 2.00 bits per heavy atom. The van der Waals surface area contributed by atoms with Gasteiger partial charge in [-0.15, -0.1) is 0 Å². The molecule has 2 fully saturated rings. The number of likely N-dealkylation sites (tertiary alicyclic amines) is 1. The van der Waals surface area contributed by atoms with Gasteiger partial charge in [0.25, 0.3) is 5.91 Å². The summed E-state index contributed by atoms with van der Waals surface area (Å²) in [4.78, 5) is 26.6. The molecule has 1 saturated carbocycles. The summed E-state index contributed by atoms with van der Waals surface area (Å²) in [5.41, 5.74) is 0.698. The van der Waals surface area contributed by atoms with E-state index in [-0.39, 0.29) is 17.9 Å². The van der Waals surface area contributed by atoms with Crippen molar-refractivity contribution in [2.24, 2.45) is 0 Å². The van der Waals surface area contributed by atoms with E-state index in [1.54, 1.807) is 11.0 Å². The average Bonchev–Trinajstić information content (AvgIpc) is 3.07. The Balaban J connectivity index is 1.56. The Kier molecular flexibility index (Phi) is 3.13. The van der Waals surface area contributed by atoms with Gasteiger partial charge in [0, 0.05) is 18.0 Å². The molecular formula is C17H18N2O3. The summed E-state index contributed by atoms with van der Waals surface area (Å²) in [6.07, 6.45) is 3.69. The number of para-hydroxylation sites is 1. The monoisotopic (exact) mass is 298 g/mol. The van der Waals surface area contributed by atoms with E-state index in [1.165, 1.54) is 0 Å². The van der Waals surface area contributed by atoms with E-state index in [4.69, 9.17) is 4.42 Å². The van der Waals surface area contributed by atoms with Gasteiger partial charge in [0.2, 0.25) is 5.91 Å². The third kappa shape index (κ3) is 2.36. The fourth-order valence-electron chi connectivity index (χ4n) is 3.04. The van der Waals surface area contributed by atoms with Crippen LogP contribution in [0.25, 0.3) is 11.0 Å². The Bertz CT molecular complexity index is 699. The number of carbonyl (C=O) groups excluding carboxylic acids is 2. The lowest BCUT2D eigenvalue weighted by atomic mass is 10.2. The van der Waals surface area contributed by atoms with Gasteiger partial charge in [-0.3, -0.25) is 9.59 Å². The van der Waals surface area contributed by atoms with Crippen molar-refractivity contribution in [3.8, 4) is 0 Å². The van der Waals surface area contributed by atoms with Crippen LogP contribution in [0.2, 0.25) is 0 Å². The molecular weight excluding hydrogens is 280 g/mol. The number of carbonyl (C=O) groups is 2. The van der Waals surface area contributed by atoms with Gasteiger partial charge in [0.1, 0.15) is 11.6 Å². The van der Waals surface area contributed by atoms with Crippen molar-refractivity contribution in [1.29, 1.82) is 0 Å². The van der Waals surface area contributed by atoms with Crippen molar-refractivity contribution < 1.29 is 14.0 Å². The van der Waals surface area contributed by atoms with Crippen molar-refractivity contribution in [1.82, 2.24) is 10.2 Å². The van der Waals surface area contributed by atoms with Crippen molar-refractivity contribution in [2.45, 2.75) is 37.8 Å². The van der Waals surface area contributed by atoms with E-state index in [9.17, 15) is 9.59 Å². The lowest BCUT2D eigenvalue weighted by Gasteiger charge is -2.22. The molecule has 2 aromatic rings. The van der Waals surface area contributed by atoms with Gasteiger partial charge in [-0.25, -0.2) is 0 Å². The van der Waals surface area contributed by atoms with Crippen LogP contribution < -0.4 is 5.32 Å². The third-order valence-corrected chi connectivity index (χ3v) is 4.38. The molecule has 4 rings (SSSR count). The Morgan fingerprint density at radius 1 is 1.18 bits per heavy atom. The fourth-order valence-corrected chi connectivity index (χ4v) is 3.04. The minimum atomic E-state index is -0.360. The number of hydrogen-bond acceptors (Lipinski definition) is 3. The fraction of sp³-hybridized carbons (Fsp3) is 0.412. The molecule has 2 heterocycles. The largest absolute Gasteiger partial charge is 0.451 e. The molecule has 22 heavy (non-hydrogen) atoms. The van der Waals surface area contributed by atoms with E-state index >= 15 is 0 Å². The van der Waals surface area contributed by atoms with Crippen molar-refractivity contribution >= 4 is 22.8 Å². The first kappa shape index (κ1) is 13.4. The van der Waals surface area contributed by atoms with Gasteiger partial charge in [0.05, 0.1) is 0 Å². The number of fused-ring (bicyclic) bond motifs is 1. The molecule has 2 amide bonds. The van der Waals surface area contributed by atoms with E-state index in [0.717, 1.165) is 31.1 Å². The van der Waals surface area contributed by atoms with Gasteiger partial charge < -0.3 is 14.6 Å². The van der Waals surface area contributed by atoms with Gasteiger partial charge in [-0.1, -0.05) is 18.2 Å². The molecule has 2 aliphatic rings. The first-order valence-electron chi connectivity index (χ1n) is 7.82. The van der Waals surface area contributed by atoms with Crippen molar-refractivity contribution in [2.75, 3.05) is 6.54 Å². The van der Waals surface area contributed by atoms with Crippen LogP contribution in [0.1, 0.15) is 36.2 Å². The van der Waals surface area contributed by atoms with Crippen LogP contribution in [0.3, 0.4) is 0 Å². The quantitative estimate of drug-likeness (QED) is 0.946. The highest BCUT2D eigenvalue weighted by Gasteiger charge is 2.37. The van der Waals surface area contributed by atoms with Crippen LogP contribution in [0, 0.1) is 0 Å². The van der Waals surface area contributed by atoms with Gasteiger partial charge in [-0.05, 0) is 37.8 Å². The Labute approximate surface area is 128 Å². The topological polar surface area (TPSA) is 62.6 Å². The first-order valence-corrected chi connectivity index (χ1v) is 7.82. The van der Waals surface area contributed by atoms with E-state index in [1.807, 2.05) is 24.3 Å². The summed E-state index contributed by atoms with van der Waals surface area (Å²) in [7, 11) is 0. The van der Waals surface area contributed by atoms with E-state index < -0.39 is 0 Å². The van der Waals surface area contributed by atoms with Crippen LogP contribution in [-0.2, 0) is 4.79 Å². The molecule has 5 heteroatoms. The van der Waals surface area contributed by atoms with Gasteiger partial charge in [0.15, 0.2) is 5.76 Å². The molecule has 1 aromatic heterocycles. The first-order chi connectivity index (χ1) is 10.7. The van der Waals surface area contributed by atoms with Crippen LogP contribution >= 0.6 is 0 Å². The minimum absolute atomic E-state index is 0.0236. The van der Waals surface area contributed by atoms with Crippen LogP contribution in [0.5, 0.6) is 0 Å². The Hall–Kier alpha value is -2.30. The summed E-state index contributed by atoms with van der Waals surface area (Å²) in [6, 6.07) is 9.25. The molecule has 1 aromatic carbocycles. The maximum atomic E-state index is 12.7. The summed E-state index contributed by atoms with van der Waals surface area (Å²) in [5, 5.41) is 3.90. The molecule has 5 nitrogen and oxygen atoms in total. The molecule has 0 unspecified atom stereocenters. The number of furan rings is 1. The molecule has 0 radical (unpaired) electrons. The lowest BCUT2D eigenvalue weighted by molar-refractivity contribution is -0.125. The zero-order valence-corrected chi connectivity index (χ0v) is 12.2. The molecule has 1 aliphatic carbocycles. The smallest absolute Gasteiger partial charge is 0.290 e. The van der Waals surface area contributed by atoms with E-state index in [2.05, 4.69) is 5.32 Å². The van der Waals surface area contributed by atoms with Crippen LogP contribution in [0.15, 0.2) is 34.7 Å². The Morgan fingerprint density at radius 3 is 2.77 bits per heavy atom. The zero-order chi connectivity index (χ0) is 15.1. The average molecular weight is 298 g/mol. The third-order valence-electron chi connectivity index (χ3n) is 4.38. The summed E-state index contributed by atoms with van der Waals surface area (Å²) in [6.45, 7) is 0.610. The maximum absolute atomic E-state index is 12.7. The second-order valence-corrected chi connectivity index (χ2v) is 6.09. The predicted molar refractivity (Wildman–Crippen MR) is 81.4 cm³/mol. The highest BCUT2D eigenvalue weighted by Crippen LogP contribution is 2.26. The summed E-state index contributed by atoms with van der Waals surface area (Å²) >= 11 is 0. The molecule has 1 N–H and O–H groups in total. The predicted octanol–water partition coefficient (Wildman–Crippen LogP) is 2.32. The number of nitrogens with zero attached hydrogens (tertiary/aromatic N) is 1. The molecule has 1 atom stereocenters. The second-order valence-electron chi connectivity index (χ2n) is 6.09. The van der Waals surface area contributed by atoms with Gasteiger partial charge >= 0.3 is 0 Å². The zero-order valence-electron chi connectivity index (χ0n) is 12.2. The van der Waals surface area contributed by atoms with Gasteiger partial charge in [-0.2, -0.15) is 0 Å². The molecule has 1 aliphatic heterocycles. The molecule has 1 saturated heterocycles. The number of amides is 2. The second kappa shape index (κ2) is 5.16. The number of benzene rings is 1. The van der Waals surface area contributed by atoms with E-state index in [0.29, 0.717) is 23.9 Å². The van der Waals surface area contributed by atoms with Crippen molar-refractivity contribution in [3.05, 3.63) is 36.1 Å². The standard InChI is InChI=1S/C17H18N2O3/c20-16(18-12-7-8-12)13-5-3-9-19(13)17(21)15-10-11-4-1-2-6-14(11)22-15/h1-2,4,6,10,12-13H,3,5,7-9H2,(H,18,20)/t13-/m1/s1. The maximum Gasteiger partial charge on any atom is 0.290 e. The summed E-state index contributed by atoms with van der Waals surface area (Å²) < 4.78 is 5.64. The van der Waals surface area contributed by atoms with Crippen LogP contribution in [0.4, 0.5) is 0 Å². The molecule has 114 valence electrons. The highest BCUT2D eigenvalue weighted by molar-refractivity contribution is 5.99. The lowest BCUT2D eigenvalue weighted by Crippen LogP contribution is -2.46.